The second-order valence-electron chi connectivity index (χ2n) is 4.95. The summed E-state index contributed by atoms with van der Waals surface area (Å²) in [4.78, 5) is 0. The minimum absolute atomic E-state index is 0.241. The largest absolute Gasteiger partial charge is 0.388 e. The number of hydrogen-bond donors (Lipinski definition) is 2. The molecule has 2 rings (SSSR count). The zero-order chi connectivity index (χ0) is 15.6. The Morgan fingerprint density at radius 1 is 1.19 bits per heavy atom. The van der Waals surface area contributed by atoms with Crippen LogP contribution in [-0.4, -0.2) is 11.7 Å². The number of aliphatic hydroxyl groups excluding tert-OH is 1. The molecule has 0 aliphatic carbocycles. The summed E-state index contributed by atoms with van der Waals surface area (Å²) in [6.07, 6.45) is -0.790. The predicted octanol–water partition coefficient (Wildman–Crippen LogP) is 4.84. The zero-order valence-corrected chi connectivity index (χ0v) is 14.6. The van der Waals surface area contributed by atoms with E-state index in [1.54, 1.807) is 18.2 Å². The average molecular weight is 389 g/mol. The van der Waals surface area contributed by atoms with Crippen molar-refractivity contribution < 1.29 is 5.11 Å². The molecule has 3 N–H and O–H groups in total. The lowest BCUT2D eigenvalue weighted by Gasteiger charge is -2.25. The van der Waals surface area contributed by atoms with Crippen LogP contribution in [0.4, 0.5) is 0 Å². The monoisotopic (exact) mass is 387 g/mol. The minimum atomic E-state index is -0.790. The van der Waals surface area contributed by atoms with Gasteiger partial charge in [-0.2, -0.15) is 0 Å². The fraction of sp³-hybridized carbons (Fsp3) is 0.250. The SMILES string of the molecule is Cc1ccc(Br)c(C(O)C(CN)c2c(Cl)cccc2Cl)c1. The Labute approximate surface area is 143 Å². The van der Waals surface area contributed by atoms with Crippen LogP contribution in [0.15, 0.2) is 40.9 Å². The highest BCUT2D eigenvalue weighted by molar-refractivity contribution is 9.10. The standard InChI is InChI=1S/C16H16BrCl2NO/c1-9-5-6-12(17)10(7-9)16(21)11(8-20)15-13(18)3-2-4-14(15)19/h2-7,11,16,21H,8,20H2,1H3. The van der Waals surface area contributed by atoms with Crippen LogP contribution in [0.3, 0.4) is 0 Å². The van der Waals surface area contributed by atoms with Crippen molar-refractivity contribution in [2.24, 2.45) is 5.73 Å². The van der Waals surface area contributed by atoms with Gasteiger partial charge < -0.3 is 10.8 Å². The molecule has 0 bridgehead atoms. The van der Waals surface area contributed by atoms with Crippen molar-refractivity contribution in [3.05, 3.63) is 67.6 Å². The van der Waals surface area contributed by atoms with Crippen molar-refractivity contribution in [3.63, 3.8) is 0 Å². The van der Waals surface area contributed by atoms with Crippen LogP contribution >= 0.6 is 39.1 Å². The van der Waals surface area contributed by atoms with Gasteiger partial charge in [-0.15, -0.1) is 0 Å². The second-order valence-corrected chi connectivity index (χ2v) is 6.62. The van der Waals surface area contributed by atoms with E-state index in [0.29, 0.717) is 15.6 Å². The number of hydrogen-bond acceptors (Lipinski definition) is 2. The van der Waals surface area contributed by atoms with Crippen LogP contribution in [0.5, 0.6) is 0 Å². The van der Waals surface area contributed by atoms with Gasteiger partial charge in [-0.25, -0.2) is 0 Å². The van der Waals surface area contributed by atoms with Crippen LogP contribution in [0.25, 0.3) is 0 Å². The fourth-order valence-electron chi connectivity index (χ4n) is 2.38. The van der Waals surface area contributed by atoms with Gasteiger partial charge in [0.2, 0.25) is 0 Å². The maximum absolute atomic E-state index is 10.8. The van der Waals surface area contributed by atoms with Crippen molar-refractivity contribution >= 4 is 39.1 Å². The fourth-order valence-corrected chi connectivity index (χ4v) is 3.54. The van der Waals surface area contributed by atoms with Crippen molar-refractivity contribution in [1.29, 1.82) is 0 Å². The number of aliphatic hydroxyl groups is 1. The summed E-state index contributed by atoms with van der Waals surface area (Å²) in [7, 11) is 0. The first-order valence-corrected chi connectivity index (χ1v) is 8.08. The number of nitrogens with two attached hydrogens (primary N) is 1. The summed E-state index contributed by atoms with van der Waals surface area (Å²) in [6, 6.07) is 11.1. The van der Waals surface area contributed by atoms with Gasteiger partial charge in [0.15, 0.2) is 0 Å². The smallest absolute Gasteiger partial charge is 0.0882 e. The number of aryl methyl sites for hydroxylation is 1. The van der Waals surface area contributed by atoms with Crippen LogP contribution in [0.2, 0.25) is 10.0 Å². The molecule has 5 heteroatoms. The quantitative estimate of drug-likeness (QED) is 0.786. The van der Waals surface area contributed by atoms with E-state index >= 15 is 0 Å². The molecule has 0 radical (unpaired) electrons. The molecular formula is C16H16BrCl2NO. The van der Waals surface area contributed by atoms with E-state index in [9.17, 15) is 5.11 Å². The van der Waals surface area contributed by atoms with E-state index in [1.165, 1.54) is 0 Å². The summed E-state index contributed by atoms with van der Waals surface area (Å²) >= 11 is 16.0. The maximum atomic E-state index is 10.8. The van der Waals surface area contributed by atoms with Crippen LogP contribution in [-0.2, 0) is 0 Å². The number of halogens is 3. The highest BCUT2D eigenvalue weighted by atomic mass is 79.9. The third-order valence-corrected chi connectivity index (χ3v) is 4.86. The number of benzene rings is 2. The summed E-state index contributed by atoms with van der Waals surface area (Å²) in [6.45, 7) is 2.22. The van der Waals surface area contributed by atoms with E-state index in [-0.39, 0.29) is 12.5 Å². The topological polar surface area (TPSA) is 46.2 Å². The molecule has 0 aliphatic rings. The molecule has 2 aromatic carbocycles. The van der Waals surface area contributed by atoms with Crippen molar-refractivity contribution in [3.8, 4) is 0 Å². The molecule has 112 valence electrons. The Balaban J connectivity index is 2.48. The van der Waals surface area contributed by atoms with Gasteiger partial charge in [0, 0.05) is 27.0 Å². The molecule has 0 aromatic heterocycles. The highest BCUT2D eigenvalue weighted by Crippen LogP contribution is 2.40. The summed E-state index contributed by atoms with van der Waals surface area (Å²) in [5.74, 6) is -0.371. The molecule has 2 atom stereocenters. The molecule has 0 heterocycles. The van der Waals surface area contributed by atoms with Crippen molar-refractivity contribution in [2.75, 3.05) is 6.54 Å². The lowest BCUT2D eigenvalue weighted by molar-refractivity contribution is 0.146. The minimum Gasteiger partial charge on any atom is -0.388 e. The van der Waals surface area contributed by atoms with Gasteiger partial charge >= 0.3 is 0 Å². The van der Waals surface area contributed by atoms with E-state index in [1.807, 2.05) is 25.1 Å². The summed E-state index contributed by atoms with van der Waals surface area (Å²) < 4.78 is 0.835. The molecule has 2 nitrogen and oxygen atoms in total. The van der Waals surface area contributed by atoms with Gasteiger partial charge in [-0.1, -0.05) is 62.9 Å². The molecule has 21 heavy (non-hydrogen) atoms. The van der Waals surface area contributed by atoms with Crippen molar-refractivity contribution in [1.82, 2.24) is 0 Å². The Morgan fingerprint density at radius 3 is 2.38 bits per heavy atom. The lowest BCUT2D eigenvalue weighted by Crippen LogP contribution is -2.21. The van der Waals surface area contributed by atoms with Crippen LogP contribution in [0.1, 0.15) is 28.7 Å². The summed E-state index contributed by atoms with van der Waals surface area (Å²) in [5, 5.41) is 11.8. The Morgan fingerprint density at radius 2 is 1.81 bits per heavy atom. The van der Waals surface area contributed by atoms with E-state index in [4.69, 9.17) is 28.9 Å². The van der Waals surface area contributed by atoms with Gasteiger partial charge in [-0.3, -0.25) is 0 Å². The molecule has 0 saturated carbocycles. The van der Waals surface area contributed by atoms with Gasteiger partial charge in [0.25, 0.3) is 0 Å². The van der Waals surface area contributed by atoms with E-state index in [2.05, 4.69) is 15.9 Å². The first-order valence-electron chi connectivity index (χ1n) is 6.53. The Hall–Kier alpha value is -0.580. The molecular weight excluding hydrogens is 373 g/mol. The van der Waals surface area contributed by atoms with E-state index < -0.39 is 6.10 Å². The summed E-state index contributed by atoms with van der Waals surface area (Å²) in [5.41, 5.74) is 8.40. The highest BCUT2D eigenvalue weighted by Gasteiger charge is 2.27. The number of rotatable bonds is 4. The van der Waals surface area contributed by atoms with Crippen molar-refractivity contribution in [2.45, 2.75) is 18.9 Å². The van der Waals surface area contributed by atoms with E-state index in [0.717, 1.165) is 15.6 Å². The molecule has 2 unspecified atom stereocenters. The molecule has 0 spiro atoms. The van der Waals surface area contributed by atoms with Crippen LogP contribution in [0, 0.1) is 6.92 Å². The predicted molar refractivity (Wildman–Crippen MR) is 92.1 cm³/mol. The van der Waals surface area contributed by atoms with Gasteiger partial charge in [0.05, 0.1) is 6.10 Å². The third-order valence-electron chi connectivity index (χ3n) is 3.48. The molecule has 0 aliphatic heterocycles. The van der Waals surface area contributed by atoms with Gasteiger partial charge in [-0.05, 0) is 36.2 Å². The lowest BCUT2D eigenvalue weighted by atomic mass is 9.88. The first kappa shape index (κ1) is 16.8. The normalized spacial score (nSPS) is 14.0. The molecule has 0 amide bonds. The molecule has 0 fully saturated rings. The maximum Gasteiger partial charge on any atom is 0.0882 e. The Kier molecular flexibility index (Phi) is 5.69. The third kappa shape index (κ3) is 3.61. The van der Waals surface area contributed by atoms with Crippen LogP contribution < -0.4 is 5.73 Å². The Bertz CT molecular complexity index is 628. The van der Waals surface area contributed by atoms with Gasteiger partial charge in [0.1, 0.15) is 0 Å². The zero-order valence-electron chi connectivity index (χ0n) is 11.5. The molecule has 2 aromatic rings. The average Bonchev–Trinajstić information content (AvgIpc) is 2.45. The first-order chi connectivity index (χ1) is 9.95. The second kappa shape index (κ2) is 7.12. The molecule has 0 saturated heterocycles.